The highest BCUT2D eigenvalue weighted by molar-refractivity contribution is 5.93. The predicted octanol–water partition coefficient (Wildman–Crippen LogP) is 3.09. The van der Waals surface area contributed by atoms with Crippen LogP contribution in [0.15, 0.2) is 47.2 Å². The summed E-state index contributed by atoms with van der Waals surface area (Å²) >= 11 is 0. The lowest BCUT2D eigenvalue weighted by Crippen LogP contribution is -2.37. The summed E-state index contributed by atoms with van der Waals surface area (Å²) in [5, 5.41) is 7.14. The molecule has 25 heavy (non-hydrogen) atoms. The van der Waals surface area contributed by atoms with Gasteiger partial charge in [0, 0.05) is 36.3 Å². The molecule has 2 aromatic heterocycles. The Morgan fingerprint density at radius 2 is 2.00 bits per heavy atom. The van der Waals surface area contributed by atoms with Gasteiger partial charge in [-0.2, -0.15) is 5.10 Å². The summed E-state index contributed by atoms with van der Waals surface area (Å²) in [5.74, 6) is 0.397. The molecule has 0 saturated carbocycles. The van der Waals surface area contributed by atoms with Crippen molar-refractivity contribution in [2.45, 2.75) is 26.2 Å². The summed E-state index contributed by atoms with van der Waals surface area (Å²) < 4.78 is 7.25. The van der Waals surface area contributed by atoms with E-state index in [2.05, 4.69) is 15.4 Å². The van der Waals surface area contributed by atoms with Crippen LogP contribution in [0.25, 0.3) is 11.5 Å². The minimum absolute atomic E-state index is 0.182. The lowest BCUT2D eigenvalue weighted by Gasteiger charge is -2.22. The molecule has 0 aliphatic carbocycles. The molecular formula is C19H22N4O2. The lowest BCUT2D eigenvalue weighted by atomic mass is 9.90. The normalized spacial score (nSPS) is 11.5. The average molecular weight is 338 g/mol. The van der Waals surface area contributed by atoms with Crippen LogP contribution < -0.4 is 5.32 Å². The Balaban J connectivity index is 1.71. The third kappa shape index (κ3) is 3.63. The van der Waals surface area contributed by atoms with Crippen molar-refractivity contribution in [2.24, 2.45) is 7.05 Å². The first-order valence-electron chi connectivity index (χ1n) is 8.17. The summed E-state index contributed by atoms with van der Waals surface area (Å²) in [6.45, 7) is 6.34. The van der Waals surface area contributed by atoms with E-state index < -0.39 is 0 Å². The number of aryl methyl sites for hydroxylation is 2. The number of benzene rings is 1. The predicted molar refractivity (Wildman–Crippen MR) is 95.2 cm³/mol. The summed E-state index contributed by atoms with van der Waals surface area (Å²) in [5.41, 5.74) is 2.66. The molecule has 0 spiro atoms. The fourth-order valence-corrected chi connectivity index (χ4v) is 2.60. The first-order valence-corrected chi connectivity index (χ1v) is 8.17. The summed E-state index contributed by atoms with van der Waals surface area (Å²) in [7, 11) is 1.80. The zero-order chi connectivity index (χ0) is 18.0. The summed E-state index contributed by atoms with van der Waals surface area (Å²) in [6, 6.07) is 9.74. The molecule has 2 heterocycles. The third-order valence-electron chi connectivity index (χ3n) is 4.14. The van der Waals surface area contributed by atoms with Crippen molar-refractivity contribution in [1.82, 2.24) is 20.1 Å². The van der Waals surface area contributed by atoms with E-state index in [1.165, 1.54) is 0 Å². The number of nitrogens with one attached hydrogen (secondary N) is 1. The fraction of sp³-hybridized carbons (Fsp3) is 0.316. The molecule has 0 radical (unpaired) electrons. The van der Waals surface area contributed by atoms with Gasteiger partial charge in [0.15, 0.2) is 5.69 Å². The van der Waals surface area contributed by atoms with Crippen molar-refractivity contribution in [1.29, 1.82) is 0 Å². The number of carbonyl (C=O) groups excluding carboxylic acids is 1. The maximum Gasteiger partial charge on any atom is 0.272 e. The van der Waals surface area contributed by atoms with Gasteiger partial charge in [-0.15, -0.1) is 0 Å². The topological polar surface area (TPSA) is 73.0 Å². The van der Waals surface area contributed by atoms with E-state index in [4.69, 9.17) is 4.42 Å². The van der Waals surface area contributed by atoms with Crippen molar-refractivity contribution < 1.29 is 9.21 Å². The molecule has 0 saturated heterocycles. The van der Waals surface area contributed by atoms with Crippen LogP contribution in [0.1, 0.15) is 35.6 Å². The summed E-state index contributed by atoms with van der Waals surface area (Å²) in [4.78, 5) is 16.9. The standard InChI is InChI=1S/C19H22N4O2/c1-13-10-23(4)22-16(13)17(24)20-12-19(2,3)15-11-25-18(21-15)14-8-6-5-7-9-14/h5-11H,12H2,1-4H3,(H,20,24). The van der Waals surface area contributed by atoms with Crippen LogP contribution in [0, 0.1) is 6.92 Å². The van der Waals surface area contributed by atoms with Crippen LogP contribution in [0.5, 0.6) is 0 Å². The maximum absolute atomic E-state index is 12.4. The van der Waals surface area contributed by atoms with E-state index in [0.717, 1.165) is 16.8 Å². The highest BCUT2D eigenvalue weighted by Crippen LogP contribution is 2.26. The number of rotatable bonds is 5. The number of amides is 1. The van der Waals surface area contributed by atoms with Crippen molar-refractivity contribution >= 4 is 5.91 Å². The largest absolute Gasteiger partial charge is 0.444 e. The van der Waals surface area contributed by atoms with Crippen molar-refractivity contribution in [3.63, 3.8) is 0 Å². The van der Waals surface area contributed by atoms with Crippen molar-refractivity contribution in [3.8, 4) is 11.5 Å². The Bertz CT molecular complexity index is 878. The van der Waals surface area contributed by atoms with Gasteiger partial charge in [0.2, 0.25) is 5.89 Å². The molecule has 1 aromatic carbocycles. The van der Waals surface area contributed by atoms with E-state index in [1.807, 2.05) is 57.3 Å². The van der Waals surface area contributed by atoms with Gasteiger partial charge in [0.1, 0.15) is 6.26 Å². The Morgan fingerprint density at radius 3 is 2.64 bits per heavy atom. The van der Waals surface area contributed by atoms with E-state index in [-0.39, 0.29) is 11.3 Å². The van der Waals surface area contributed by atoms with Crippen LogP contribution in [0.3, 0.4) is 0 Å². The van der Waals surface area contributed by atoms with Crippen molar-refractivity contribution in [3.05, 3.63) is 59.7 Å². The number of carbonyl (C=O) groups is 1. The van der Waals surface area contributed by atoms with Gasteiger partial charge in [-0.1, -0.05) is 32.0 Å². The smallest absolute Gasteiger partial charge is 0.272 e. The molecule has 6 nitrogen and oxygen atoms in total. The lowest BCUT2D eigenvalue weighted by molar-refractivity contribution is 0.0939. The summed E-state index contributed by atoms with van der Waals surface area (Å²) in [6.07, 6.45) is 3.48. The van der Waals surface area contributed by atoms with E-state index in [9.17, 15) is 4.79 Å². The average Bonchev–Trinajstić information content (AvgIpc) is 3.21. The number of hydrogen-bond acceptors (Lipinski definition) is 4. The van der Waals surface area contributed by atoms with Crippen LogP contribution in [-0.4, -0.2) is 27.2 Å². The minimum Gasteiger partial charge on any atom is -0.444 e. The third-order valence-corrected chi connectivity index (χ3v) is 4.14. The van der Waals surface area contributed by atoms with Crippen LogP contribution in [-0.2, 0) is 12.5 Å². The SMILES string of the molecule is Cc1cn(C)nc1C(=O)NCC(C)(C)c1coc(-c2ccccc2)n1. The zero-order valence-corrected chi connectivity index (χ0v) is 14.9. The Kier molecular flexibility index (Phi) is 4.44. The molecule has 6 heteroatoms. The van der Waals surface area contributed by atoms with Gasteiger partial charge < -0.3 is 9.73 Å². The molecule has 0 aliphatic heterocycles. The van der Waals surface area contributed by atoms with Crippen LogP contribution in [0.2, 0.25) is 0 Å². The minimum atomic E-state index is -0.366. The van der Waals surface area contributed by atoms with Crippen LogP contribution >= 0.6 is 0 Å². The number of aromatic nitrogens is 3. The first kappa shape index (κ1) is 17.0. The molecule has 3 rings (SSSR count). The first-order chi connectivity index (χ1) is 11.9. The van der Waals surface area contributed by atoms with Gasteiger partial charge in [-0.05, 0) is 19.1 Å². The highest BCUT2D eigenvalue weighted by atomic mass is 16.3. The second kappa shape index (κ2) is 6.55. The van der Waals surface area contributed by atoms with Gasteiger partial charge in [0.05, 0.1) is 5.69 Å². The molecule has 3 aromatic rings. The molecule has 0 bridgehead atoms. The Labute approximate surface area is 146 Å². The van der Waals surface area contributed by atoms with Crippen LogP contribution in [0.4, 0.5) is 0 Å². The van der Waals surface area contributed by atoms with Crippen molar-refractivity contribution in [2.75, 3.05) is 6.54 Å². The molecule has 0 atom stereocenters. The fourth-order valence-electron chi connectivity index (χ4n) is 2.60. The number of oxazole rings is 1. The zero-order valence-electron chi connectivity index (χ0n) is 14.9. The second-order valence-electron chi connectivity index (χ2n) is 6.80. The molecule has 0 unspecified atom stereocenters. The van der Waals surface area contributed by atoms with E-state index in [1.54, 1.807) is 18.0 Å². The Hall–Kier alpha value is -2.89. The number of nitrogens with zero attached hydrogens (tertiary/aromatic N) is 3. The molecule has 1 N–H and O–H groups in total. The quantitative estimate of drug-likeness (QED) is 0.776. The van der Waals surface area contributed by atoms with E-state index in [0.29, 0.717) is 18.1 Å². The van der Waals surface area contributed by atoms with Gasteiger partial charge in [-0.25, -0.2) is 4.98 Å². The molecule has 130 valence electrons. The highest BCUT2D eigenvalue weighted by Gasteiger charge is 2.26. The van der Waals surface area contributed by atoms with E-state index >= 15 is 0 Å². The number of hydrogen-bond donors (Lipinski definition) is 1. The molecule has 0 fully saturated rings. The maximum atomic E-state index is 12.4. The molecule has 0 aliphatic rings. The Morgan fingerprint density at radius 1 is 1.28 bits per heavy atom. The second-order valence-corrected chi connectivity index (χ2v) is 6.80. The molecular weight excluding hydrogens is 316 g/mol. The van der Waals surface area contributed by atoms with Gasteiger partial charge in [-0.3, -0.25) is 9.48 Å². The molecule has 1 amide bonds. The van der Waals surface area contributed by atoms with Gasteiger partial charge >= 0.3 is 0 Å². The monoisotopic (exact) mass is 338 g/mol. The van der Waals surface area contributed by atoms with Gasteiger partial charge in [0.25, 0.3) is 5.91 Å².